The molecule has 1 aliphatic rings. The number of halogens is 2. The van der Waals surface area contributed by atoms with Crippen LogP contribution in [0.2, 0.25) is 0 Å². The second-order valence-corrected chi connectivity index (χ2v) is 7.45. The number of nitrogens with zero attached hydrogens (tertiary/aromatic N) is 1. The Labute approximate surface area is 140 Å². The molecule has 4 nitrogen and oxygen atoms in total. The molecule has 1 saturated heterocycles. The molecular formula is C17H18F2N2O2S. The number of nitrogens with one attached hydrogen (secondary N) is 1. The van der Waals surface area contributed by atoms with Gasteiger partial charge in [0.15, 0.2) is 0 Å². The Kier molecular flexibility index (Phi) is 4.71. The molecule has 2 aromatic carbocycles. The lowest BCUT2D eigenvalue weighted by atomic mass is 10.1. The summed E-state index contributed by atoms with van der Waals surface area (Å²) in [4.78, 5) is 1.99. The summed E-state index contributed by atoms with van der Waals surface area (Å²) in [5.74, 6) is -1.19. The minimum Gasteiger partial charge on any atom is -0.371 e. The molecule has 0 unspecified atom stereocenters. The van der Waals surface area contributed by atoms with Gasteiger partial charge in [-0.05, 0) is 61.7 Å². The summed E-state index contributed by atoms with van der Waals surface area (Å²) >= 11 is 0. The second-order valence-electron chi connectivity index (χ2n) is 5.77. The first-order valence-electron chi connectivity index (χ1n) is 7.79. The van der Waals surface area contributed by atoms with Gasteiger partial charge in [-0.25, -0.2) is 17.2 Å². The van der Waals surface area contributed by atoms with Crippen LogP contribution >= 0.6 is 0 Å². The van der Waals surface area contributed by atoms with Gasteiger partial charge in [0.2, 0.25) is 0 Å². The molecular weight excluding hydrogens is 334 g/mol. The topological polar surface area (TPSA) is 49.4 Å². The maximum atomic E-state index is 14.0. The molecule has 0 amide bonds. The van der Waals surface area contributed by atoms with Crippen molar-refractivity contribution in [1.29, 1.82) is 0 Å². The number of hydrogen-bond donors (Lipinski definition) is 1. The summed E-state index contributed by atoms with van der Waals surface area (Å²) in [6.45, 7) is 1.74. The fraction of sp³-hybridized carbons (Fsp3) is 0.294. The molecule has 0 radical (unpaired) electrons. The van der Waals surface area contributed by atoms with E-state index in [0.717, 1.165) is 55.9 Å². The SMILES string of the molecule is O=S(=O)(Nc1cc(N2CCCCC2)ccc1F)c1ccc(F)cc1. The summed E-state index contributed by atoms with van der Waals surface area (Å²) in [6.07, 6.45) is 3.30. The molecule has 0 bridgehead atoms. The lowest BCUT2D eigenvalue weighted by Gasteiger charge is -2.29. The fourth-order valence-corrected chi connectivity index (χ4v) is 3.82. The standard InChI is InChI=1S/C17H18F2N2O2S/c18-13-4-7-15(8-5-13)24(22,23)20-17-12-14(6-9-16(17)19)21-10-2-1-3-11-21/h4-9,12,20H,1-3,10-11H2. The summed E-state index contributed by atoms with van der Waals surface area (Å²) < 4.78 is 53.9. The highest BCUT2D eigenvalue weighted by Gasteiger charge is 2.18. The third kappa shape index (κ3) is 3.67. The van der Waals surface area contributed by atoms with E-state index in [1.165, 1.54) is 18.6 Å². The van der Waals surface area contributed by atoms with Gasteiger partial charge in [-0.15, -0.1) is 0 Å². The third-order valence-electron chi connectivity index (χ3n) is 4.04. The molecule has 3 rings (SSSR count). The number of benzene rings is 2. The van der Waals surface area contributed by atoms with Crippen molar-refractivity contribution in [1.82, 2.24) is 0 Å². The smallest absolute Gasteiger partial charge is 0.261 e. The van der Waals surface area contributed by atoms with Crippen LogP contribution < -0.4 is 9.62 Å². The third-order valence-corrected chi connectivity index (χ3v) is 5.42. The molecule has 1 N–H and O–H groups in total. The Balaban J connectivity index is 1.87. The van der Waals surface area contributed by atoms with Crippen LogP contribution in [0, 0.1) is 11.6 Å². The lowest BCUT2D eigenvalue weighted by Crippen LogP contribution is -2.29. The zero-order chi connectivity index (χ0) is 17.2. The first-order chi connectivity index (χ1) is 11.5. The number of piperidine rings is 1. The highest BCUT2D eigenvalue weighted by Crippen LogP contribution is 2.27. The van der Waals surface area contributed by atoms with Crippen LogP contribution in [0.1, 0.15) is 19.3 Å². The van der Waals surface area contributed by atoms with Gasteiger partial charge < -0.3 is 4.90 Å². The summed E-state index contributed by atoms with van der Waals surface area (Å²) in [6, 6.07) is 8.79. The average Bonchev–Trinajstić information content (AvgIpc) is 2.58. The van der Waals surface area contributed by atoms with Crippen molar-refractivity contribution >= 4 is 21.4 Å². The van der Waals surface area contributed by atoms with E-state index < -0.39 is 21.7 Å². The molecule has 0 aliphatic carbocycles. The van der Waals surface area contributed by atoms with Gasteiger partial charge in [0.1, 0.15) is 11.6 Å². The van der Waals surface area contributed by atoms with Crippen LogP contribution in [0.4, 0.5) is 20.2 Å². The maximum Gasteiger partial charge on any atom is 0.261 e. The Morgan fingerprint density at radius 1 is 0.917 bits per heavy atom. The van der Waals surface area contributed by atoms with Crippen molar-refractivity contribution < 1.29 is 17.2 Å². The van der Waals surface area contributed by atoms with E-state index in [1.807, 2.05) is 0 Å². The molecule has 0 spiro atoms. The first kappa shape index (κ1) is 16.7. The molecule has 0 aromatic heterocycles. The lowest BCUT2D eigenvalue weighted by molar-refractivity contribution is 0.576. The van der Waals surface area contributed by atoms with Crippen LogP contribution in [0.5, 0.6) is 0 Å². The Bertz CT molecular complexity index is 817. The Morgan fingerprint density at radius 3 is 2.25 bits per heavy atom. The van der Waals surface area contributed by atoms with E-state index in [9.17, 15) is 17.2 Å². The van der Waals surface area contributed by atoms with Crippen molar-refractivity contribution in [2.75, 3.05) is 22.7 Å². The normalized spacial score (nSPS) is 15.3. The number of hydrogen-bond acceptors (Lipinski definition) is 3. The molecule has 1 fully saturated rings. The summed E-state index contributed by atoms with van der Waals surface area (Å²) in [7, 11) is -3.98. The highest BCUT2D eigenvalue weighted by molar-refractivity contribution is 7.92. The highest BCUT2D eigenvalue weighted by atomic mass is 32.2. The van der Waals surface area contributed by atoms with Gasteiger partial charge in [0, 0.05) is 18.8 Å². The van der Waals surface area contributed by atoms with Crippen molar-refractivity contribution in [3.8, 4) is 0 Å². The second kappa shape index (κ2) is 6.76. The van der Waals surface area contributed by atoms with Crippen LogP contribution in [-0.4, -0.2) is 21.5 Å². The summed E-state index contributed by atoms with van der Waals surface area (Å²) in [5.41, 5.74) is 0.676. The molecule has 0 saturated carbocycles. The van der Waals surface area contributed by atoms with E-state index in [1.54, 1.807) is 6.07 Å². The monoisotopic (exact) mass is 352 g/mol. The molecule has 2 aromatic rings. The van der Waals surface area contributed by atoms with Gasteiger partial charge in [0.05, 0.1) is 10.6 Å². The Hall–Kier alpha value is -2.15. The van der Waals surface area contributed by atoms with Crippen molar-refractivity contribution in [3.05, 3.63) is 54.1 Å². The zero-order valence-corrected chi connectivity index (χ0v) is 13.8. The molecule has 1 heterocycles. The van der Waals surface area contributed by atoms with Crippen molar-refractivity contribution in [2.24, 2.45) is 0 Å². The molecule has 24 heavy (non-hydrogen) atoms. The van der Waals surface area contributed by atoms with Gasteiger partial charge in [-0.1, -0.05) is 0 Å². The predicted octanol–water partition coefficient (Wildman–Crippen LogP) is 3.76. The minimum absolute atomic E-state index is 0.109. The largest absolute Gasteiger partial charge is 0.371 e. The van der Waals surface area contributed by atoms with E-state index in [4.69, 9.17) is 0 Å². The van der Waals surface area contributed by atoms with Gasteiger partial charge in [-0.3, -0.25) is 4.72 Å². The van der Waals surface area contributed by atoms with Crippen LogP contribution in [0.3, 0.4) is 0 Å². The predicted molar refractivity (Wildman–Crippen MR) is 89.7 cm³/mol. The molecule has 7 heteroatoms. The molecule has 1 aliphatic heterocycles. The molecule has 0 atom stereocenters. The first-order valence-corrected chi connectivity index (χ1v) is 9.27. The quantitative estimate of drug-likeness (QED) is 0.912. The zero-order valence-electron chi connectivity index (χ0n) is 13.0. The van der Waals surface area contributed by atoms with E-state index in [0.29, 0.717) is 0 Å². The van der Waals surface area contributed by atoms with Crippen molar-refractivity contribution in [3.63, 3.8) is 0 Å². The van der Waals surface area contributed by atoms with E-state index in [2.05, 4.69) is 9.62 Å². The van der Waals surface area contributed by atoms with E-state index >= 15 is 0 Å². The van der Waals surface area contributed by atoms with Gasteiger partial charge >= 0.3 is 0 Å². The van der Waals surface area contributed by atoms with E-state index in [-0.39, 0.29) is 10.6 Å². The minimum atomic E-state index is -3.98. The fourth-order valence-electron chi connectivity index (χ4n) is 2.76. The van der Waals surface area contributed by atoms with Crippen molar-refractivity contribution in [2.45, 2.75) is 24.2 Å². The Morgan fingerprint density at radius 2 is 1.58 bits per heavy atom. The van der Waals surface area contributed by atoms with Crippen LogP contribution in [-0.2, 0) is 10.0 Å². The van der Waals surface area contributed by atoms with Crippen LogP contribution in [0.25, 0.3) is 0 Å². The van der Waals surface area contributed by atoms with Gasteiger partial charge in [0.25, 0.3) is 10.0 Å². The maximum absolute atomic E-state index is 14.0. The van der Waals surface area contributed by atoms with Crippen LogP contribution in [0.15, 0.2) is 47.4 Å². The number of sulfonamides is 1. The number of anilines is 2. The average molecular weight is 352 g/mol. The molecule has 128 valence electrons. The van der Waals surface area contributed by atoms with Gasteiger partial charge in [-0.2, -0.15) is 0 Å². The summed E-state index contributed by atoms with van der Waals surface area (Å²) in [5, 5.41) is 0. The number of rotatable bonds is 4.